The maximum Gasteiger partial charge on any atom is 0.226 e. The Kier molecular flexibility index (Phi) is 1.92. The van der Waals surface area contributed by atoms with Gasteiger partial charge in [-0.25, -0.2) is 0 Å². The van der Waals surface area contributed by atoms with Gasteiger partial charge in [0, 0.05) is 0 Å². The molecule has 4 nitrogen and oxygen atoms in total. The van der Waals surface area contributed by atoms with Gasteiger partial charge in [0.25, 0.3) is 0 Å². The number of hydrogen-bond acceptors (Lipinski definition) is 4. The summed E-state index contributed by atoms with van der Waals surface area (Å²) in [5.74, 6) is -1.01. The molecule has 1 aliphatic heterocycles. The Bertz CT molecular complexity index is 124. The molecule has 1 fully saturated rings. The normalized spacial score (nSPS) is 21.8. The Hall–Kier alpha value is -0.740. The lowest BCUT2D eigenvalue weighted by atomic mass is 10.3. The molecule has 50 valence electrons. The number of carbonyl (C=O) groups is 2. The summed E-state index contributed by atoms with van der Waals surface area (Å²) >= 11 is 0. The van der Waals surface area contributed by atoms with E-state index in [-0.39, 0.29) is 20.0 Å². The van der Waals surface area contributed by atoms with E-state index in [0.717, 1.165) is 0 Å². The van der Waals surface area contributed by atoms with Crippen molar-refractivity contribution in [1.29, 1.82) is 0 Å². The van der Waals surface area contributed by atoms with E-state index in [1.807, 2.05) is 0 Å². The average molecular weight is 130 g/mol. The summed E-state index contributed by atoms with van der Waals surface area (Å²) in [5, 5.41) is 0. The lowest BCUT2D eigenvalue weighted by molar-refractivity contribution is -0.137. The summed E-state index contributed by atoms with van der Waals surface area (Å²) < 4.78 is 9.17. The second kappa shape index (κ2) is 2.70. The molecule has 1 heterocycles. The Morgan fingerprint density at radius 2 is 1.44 bits per heavy atom. The van der Waals surface area contributed by atoms with E-state index in [1.54, 1.807) is 0 Å². The largest absolute Gasteiger partial charge is 0.347 e. The van der Waals surface area contributed by atoms with E-state index in [2.05, 4.69) is 9.47 Å². The number of carbonyl (C=O) groups excluding carboxylic acids is 2. The summed E-state index contributed by atoms with van der Waals surface area (Å²) in [5.41, 5.74) is 0. The fourth-order valence-corrected chi connectivity index (χ4v) is 0.489. The molecule has 0 spiro atoms. The first kappa shape index (κ1) is 6.38. The zero-order valence-corrected chi connectivity index (χ0v) is 4.75. The fourth-order valence-electron chi connectivity index (χ4n) is 0.489. The van der Waals surface area contributed by atoms with Crippen LogP contribution in [0.4, 0.5) is 0 Å². The van der Waals surface area contributed by atoms with Crippen molar-refractivity contribution >= 4 is 11.6 Å². The first-order valence-electron chi connectivity index (χ1n) is 2.52. The minimum absolute atomic E-state index is 0.0392. The van der Waals surface area contributed by atoms with E-state index in [1.165, 1.54) is 0 Å². The van der Waals surface area contributed by atoms with Crippen LogP contribution in [-0.2, 0) is 19.1 Å². The number of rotatable bonds is 0. The highest BCUT2D eigenvalue weighted by molar-refractivity contribution is 6.38. The molecule has 0 saturated carbocycles. The third-order valence-corrected chi connectivity index (χ3v) is 0.944. The molecule has 0 bridgehead atoms. The van der Waals surface area contributed by atoms with E-state index < -0.39 is 11.6 Å². The van der Waals surface area contributed by atoms with Gasteiger partial charge in [0.15, 0.2) is 0 Å². The van der Waals surface area contributed by atoms with E-state index >= 15 is 0 Å². The van der Waals surface area contributed by atoms with Crippen molar-refractivity contribution in [2.24, 2.45) is 0 Å². The minimum Gasteiger partial charge on any atom is -0.347 e. The van der Waals surface area contributed by atoms with Gasteiger partial charge in [-0.3, -0.25) is 9.59 Å². The molecule has 1 rings (SSSR count). The monoisotopic (exact) mass is 130 g/mol. The van der Waals surface area contributed by atoms with Crippen LogP contribution in [0.1, 0.15) is 0 Å². The zero-order chi connectivity index (χ0) is 6.69. The molecule has 0 aliphatic carbocycles. The fraction of sp³-hybridized carbons (Fsp3) is 0.600. The van der Waals surface area contributed by atoms with Gasteiger partial charge < -0.3 is 9.47 Å². The molecule has 0 aromatic heterocycles. The summed E-state index contributed by atoms with van der Waals surface area (Å²) in [6.07, 6.45) is 0. The number of ketones is 2. The van der Waals surface area contributed by atoms with Crippen molar-refractivity contribution < 1.29 is 19.1 Å². The van der Waals surface area contributed by atoms with Crippen LogP contribution in [0.2, 0.25) is 0 Å². The van der Waals surface area contributed by atoms with Gasteiger partial charge in [-0.05, 0) is 0 Å². The minimum atomic E-state index is -0.507. The number of hydrogen-bond donors (Lipinski definition) is 0. The Morgan fingerprint density at radius 3 is 1.89 bits per heavy atom. The highest BCUT2D eigenvalue weighted by Crippen LogP contribution is 1.89. The predicted octanol–water partition coefficient (Wildman–Crippen LogP) is -0.871. The molecule has 0 aromatic carbocycles. The molecule has 1 aliphatic rings. The smallest absolute Gasteiger partial charge is 0.226 e. The molecule has 4 heteroatoms. The molecule has 0 unspecified atom stereocenters. The molecular weight excluding hydrogens is 124 g/mol. The lowest BCUT2D eigenvalue weighted by Gasteiger charge is -1.91. The molecule has 0 aromatic rings. The SMILES string of the molecule is O=C1COCOCC1=O. The molecule has 1 saturated heterocycles. The number of ether oxygens (including phenoxy) is 2. The van der Waals surface area contributed by atoms with Crippen molar-refractivity contribution in [3.8, 4) is 0 Å². The molecule has 0 amide bonds. The Labute approximate surface area is 51.7 Å². The summed E-state index contributed by atoms with van der Waals surface area (Å²) in [7, 11) is 0. The quantitative estimate of drug-likeness (QED) is 0.400. The summed E-state index contributed by atoms with van der Waals surface area (Å²) in [6, 6.07) is 0. The van der Waals surface area contributed by atoms with Gasteiger partial charge in [-0.2, -0.15) is 0 Å². The van der Waals surface area contributed by atoms with Gasteiger partial charge >= 0.3 is 0 Å². The van der Waals surface area contributed by atoms with Crippen LogP contribution in [0.25, 0.3) is 0 Å². The van der Waals surface area contributed by atoms with Crippen molar-refractivity contribution in [3.05, 3.63) is 0 Å². The van der Waals surface area contributed by atoms with Gasteiger partial charge in [-0.1, -0.05) is 0 Å². The van der Waals surface area contributed by atoms with E-state index in [0.29, 0.717) is 0 Å². The highest BCUT2D eigenvalue weighted by atomic mass is 16.7. The molecule has 0 N–H and O–H groups in total. The van der Waals surface area contributed by atoms with E-state index in [4.69, 9.17) is 0 Å². The van der Waals surface area contributed by atoms with Gasteiger partial charge in [0.2, 0.25) is 11.6 Å². The maximum atomic E-state index is 10.5. The summed E-state index contributed by atoms with van der Waals surface area (Å²) in [6.45, 7) is -0.241. The molecule has 9 heavy (non-hydrogen) atoms. The van der Waals surface area contributed by atoms with Crippen molar-refractivity contribution in [2.45, 2.75) is 0 Å². The van der Waals surface area contributed by atoms with Crippen molar-refractivity contribution in [1.82, 2.24) is 0 Å². The molecular formula is C5H6O4. The van der Waals surface area contributed by atoms with E-state index in [9.17, 15) is 9.59 Å². The van der Waals surface area contributed by atoms with Crippen molar-refractivity contribution in [2.75, 3.05) is 20.0 Å². The van der Waals surface area contributed by atoms with Crippen molar-refractivity contribution in [3.63, 3.8) is 0 Å². The third kappa shape index (κ3) is 1.58. The van der Waals surface area contributed by atoms with Crippen LogP contribution >= 0.6 is 0 Å². The third-order valence-electron chi connectivity index (χ3n) is 0.944. The zero-order valence-electron chi connectivity index (χ0n) is 4.75. The van der Waals surface area contributed by atoms with Gasteiger partial charge in [0.1, 0.15) is 20.0 Å². The first-order valence-corrected chi connectivity index (χ1v) is 2.52. The lowest BCUT2D eigenvalue weighted by Crippen LogP contribution is -2.19. The number of Topliss-reactive ketones (excluding diaryl/α,β-unsaturated/α-hetero) is 2. The molecule has 0 radical (unpaired) electrons. The van der Waals surface area contributed by atoms with Crippen LogP contribution in [0.3, 0.4) is 0 Å². The van der Waals surface area contributed by atoms with Crippen LogP contribution in [-0.4, -0.2) is 31.6 Å². The Morgan fingerprint density at radius 1 is 1.00 bits per heavy atom. The predicted molar refractivity (Wildman–Crippen MR) is 26.8 cm³/mol. The molecule has 0 atom stereocenters. The second-order valence-corrected chi connectivity index (χ2v) is 1.66. The second-order valence-electron chi connectivity index (χ2n) is 1.66. The highest BCUT2D eigenvalue weighted by Gasteiger charge is 2.16. The summed E-state index contributed by atoms with van der Waals surface area (Å²) in [4.78, 5) is 20.9. The van der Waals surface area contributed by atoms with Gasteiger partial charge in [-0.15, -0.1) is 0 Å². The van der Waals surface area contributed by atoms with Crippen LogP contribution in [0.15, 0.2) is 0 Å². The van der Waals surface area contributed by atoms with Crippen LogP contribution < -0.4 is 0 Å². The van der Waals surface area contributed by atoms with Gasteiger partial charge in [0.05, 0.1) is 0 Å². The maximum absolute atomic E-state index is 10.5. The average Bonchev–Trinajstić information content (AvgIpc) is 1.99. The van der Waals surface area contributed by atoms with Crippen LogP contribution in [0.5, 0.6) is 0 Å². The van der Waals surface area contributed by atoms with Crippen LogP contribution in [0, 0.1) is 0 Å². The Balaban J connectivity index is 2.51. The first-order chi connectivity index (χ1) is 4.30. The standard InChI is InChI=1S/C5H6O4/c6-4-1-8-3-9-2-5(4)7/h1-3H2. The topological polar surface area (TPSA) is 52.6 Å².